The Kier molecular flexibility index (Phi) is 9.58. The zero-order chi connectivity index (χ0) is 16.0. The molecule has 1 fully saturated rings. The highest BCUT2D eigenvalue weighted by Gasteiger charge is 2.26. The van der Waals surface area contributed by atoms with Gasteiger partial charge in [0.05, 0.1) is 5.75 Å². The Morgan fingerprint density at radius 1 is 1.27 bits per heavy atom. The van der Waals surface area contributed by atoms with Crippen LogP contribution in [0, 0.1) is 11.8 Å². The molecule has 0 spiro atoms. The maximum atomic E-state index is 12.3. The van der Waals surface area contributed by atoms with Crippen molar-refractivity contribution in [1.29, 1.82) is 0 Å². The lowest BCUT2D eigenvalue weighted by Gasteiger charge is -2.30. The minimum atomic E-state index is -3.05. The monoisotopic (exact) mass is 354 g/mol. The van der Waals surface area contributed by atoms with Crippen molar-refractivity contribution in [1.82, 2.24) is 10.2 Å². The molecule has 1 aliphatic heterocycles. The Bertz CT molecular complexity index is 436. The minimum Gasteiger partial charge on any atom is -0.342 e. The molecule has 5 nitrogen and oxygen atoms in total. The molecule has 7 heteroatoms. The van der Waals surface area contributed by atoms with Crippen molar-refractivity contribution in [3.8, 4) is 0 Å². The number of amides is 1. The molecule has 1 N–H and O–H groups in total. The molecule has 0 aromatic heterocycles. The van der Waals surface area contributed by atoms with Gasteiger partial charge in [0.15, 0.2) is 9.84 Å². The fraction of sp³-hybridized carbons (Fsp3) is 0.933. The number of halogens is 1. The SMILES string of the molecule is CCS(=O)(=O)CC(C)N(C)C(=O)CC(C)C1CCNCC1.Cl. The van der Waals surface area contributed by atoms with Crippen LogP contribution in [0.2, 0.25) is 0 Å². The molecule has 1 amide bonds. The second-order valence-electron chi connectivity index (χ2n) is 6.32. The van der Waals surface area contributed by atoms with Crippen molar-refractivity contribution in [2.75, 3.05) is 31.6 Å². The van der Waals surface area contributed by atoms with Crippen LogP contribution in [0.1, 0.15) is 40.0 Å². The van der Waals surface area contributed by atoms with E-state index in [-0.39, 0.29) is 35.9 Å². The third kappa shape index (κ3) is 6.84. The molecule has 2 atom stereocenters. The average Bonchev–Trinajstić information content (AvgIpc) is 2.46. The zero-order valence-corrected chi connectivity index (χ0v) is 15.8. The molecule has 0 aromatic rings. The molecule has 0 aromatic carbocycles. The molecular formula is C15H31ClN2O3S. The summed E-state index contributed by atoms with van der Waals surface area (Å²) in [5, 5.41) is 3.33. The minimum absolute atomic E-state index is 0. The lowest BCUT2D eigenvalue weighted by Crippen LogP contribution is -2.41. The first kappa shape index (κ1) is 21.7. The van der Waals surface area contributed by atoms with E-state index in [1.54, 1.807) is 25.8 Å². The second kappa shape index (κ2) is 9.73. The number of piperidine rings is 1. The molecule has 0 saturated carbocycles. The van der Waals surface area contributed by atoms with Gasteiger partial charge in [-0.05, 0) is 44.7 Å². The molecule has 1 aliphatic rings. The van der Waals surface area contributed by atoms with Crippen LogP contribution in [-0.4, -0.2) is 56.9 Å². The van der Waals surface area contributed by atoms with Crippen LogP contribution in [0.25, 0.3) is 0 Å². The van der Waals surface area contributed by atoms with Crippen LogP contribution >= 0.6 is 12.4 Å². The number of carbonyl (C=O) groups is 1. The van der Waals surface area contributed by atoms with Gasteiger partial charge >= 0.3 is 0 Å². The number of hydrogen-bond donors (Lipinski definition) is 1. The van der Waals surface area contributed by atoms with Crippen molar-refractivity contribution in [2.45, 2.75) is 46.1 Å². The largest absolute Gasteiger partial charge is 0.342 e. The molecule has 2 unspecified atom stereocenters. The molecule has 0 aliphatic carbocycles. The van der Waals surface area contributed by atoms with Crippen LogP contribution in [0.3, 0.4) is 0 Å². The van der Waals surface area contributed by atoms with E-state index in [1.165, 1.54) is 0 Å². The van der Waals surface area contributed by atoms with E-state index in [1.807, 2.05) is 0 Å². The van der Waals surface area contributed by atoms with Crippen LogP contribution in [-0.2, 0) is 14.6 Å². The lowest BCUT2D eigenvalue weighted by molar-refractivity contribution is -0.132. The van der Waals surface area contributed by atoms with Gasteiger partial charge in [0, 0.05) is 25.3 Å². The number of hydrogen-bond acceptors (Lipinski definition) is 4. The quantitative estimate of drug-likeness (QED) is 0.755. The van der Waals surface area contributed by atoms with E-state index in [9.17, 15) is 13.2 Å². The highest BCUT2D eigenvalue weighted by Crippen LogP contribution is 2.25. The van der Waals surface area contributed by atoms with Gasteiger partial charge in [0.2, 0.25) is 5.91 Å². The molecule has 0 radical (unpaired) electrons. The lowest BCUT2D eigenvalue weighted by atomic mass is 9.84. The van der Waals surface area contributed by atoms with E-state index < -0.39 is 9.84 Å². The third-order valence-electron chi connectivity index (χ3n) is 4.67. The van der Waals surface area contributed by atoms with Gasteiger partial charge in [0.25, 0.3) is 0 Å². The van der Waals surface area contributed by atoms with E-state index in [0.717, 1.165) is 25.9 Å². The Balaban J connectivity index is 0.00000441. The fourth-order valence-electron chi connectivity index (χ4n) is 2.84. The van der Waals surface area contributed by atoms with Crippen molar-refractivity contribution in [2.24, 2.45) is 11.8 Å². The topological polar surface area (TPSA) is 66.5 Å². The molecule has 132 valence electrons. The third-order valence-corrected chi connectivity index (χ3v) is 6.54. The van der Waals surface area contributed by atoms with E-state index in [2.05, 4.69) is 12.2 Å². The Labute approximate surface area is 141 Å². The van der Waals surface area contributed by atoms with Crippen LogP contribution in [0.5, 0.6) is 0 Å². The van der Waals surface area contributed by atoms with E-state index in [0.29, 0.717) is 18.3 Å². The summed E-state index contributed by atoms with van der Waals surface area (Å²) < 4.78 is 23.3. The van der Waals surface area contributed by atoms with Crippen LogP contribution in [0.15, 0.2) is 0 Å². The summed E-state index contributed by atoms with van der Waals surface area (Å²) >= 11 is 0. The summed E-state index contributed by atoms with van der Waals surface area (Å²) in [4.78, 5) is 13.9. The van der Waals surface area contributed by atoms with Crippen LogP contribution in [0.4, 0.5) is 0 Å². The zero-order valence-electron chi connectivity index (χ0n) is 14.2. The van der Waals surface area contributed by atoms with Gasteiger partial charge in [0.1, 0.15) is 0 Å². The molecular weight excluding hydrogens is 324 g/mol. The Morgan fingerprint density at radius 2 is 1.82 bits per heavy atom. The van der Waals surface area contributed by atoms with Gasteiger partial charge in [-0.15, -0.1) is 12.4 Å². The van der Waals surface area contributed by atoms with Crippen molar-refractivity contribution in [3.05, 3.63) is 0 Å². The van der Waals surface area contributed by atoms with Gasteiger partial charge in [-0.3, -0.25) is 4.79 Å². The van der Waals surface area contributed by atoms with Crippen molar-refractivity contribution < 1.29 is 13.2 Å². The first-order valence-electron chi connectivity index (χ1n) is 7.93. The molecule has 0 bridgehead atoms. The second-order valence-corrected chi connectivity index (χ2v) is 8.72. The predicted molar refractivity (Wildman–Crippen MR) is 93.2 cm³/mol. The molecule has 22 heavy (non-hydrogen) atoms. The predicted octanol–water partition coefficient (Wildman–Crippen LogP) is 1.72. The van der Waals surface area contributed by atoms with Crippen molar-refractivity contribution in [3.63, 3.8) is 0 Å². The number of nitrogens with zero attached hydrogens (tertiary/aromatic N) is 1. The number of nitrogens with one attached hydrogen (secondary N) is 1. The summed E-state index contributed by atoms with van der Waals surface area (Å²) in [7, 11) is -1.33. The Morgan fingerprint density at radius 3 is 2.32 bits per heavy atom. The summed E-state index contributed by atoms with van der Waals surface area (Å²) in [6.45, 7) is 7.65. The maximum absolute atomic E-state index is 12.3. The number of rotatable bonds is 7. The Hall–Kier alpha value is -0.330. The van der Waals surface area contributed by atoms with Crippen LogP contribution < -0.4 is 5.32 Å². The van der Waals surface area contributed by atoms with E-state index >= 15 is 0 Å². The molecule has 1 heterocycles. The normalized spacial score (nSPS) is 19.1. The standard InChI is InChI=1S/C15H30N2O3S.ClH/c1-5-21(19,20)11-13(3)17(4)15(18)10-12(2)14-6-8-16-9-7-14;/h12-14,16H,5-11H2,1-4H3;1H. The summed E-state index contributed by atoms with van der Waals surface area (Å²) in [5.74, 6) is 1.19. The van der Waals surface area contributed by atoms with Gasteiger partial charge in [-0.1, -0.05) is 13.8 Å². The van der Waals surface area contributed by atoms with Gasteiger partial charge in [-0.2, -0.15) is 0 Å². The molecule has 1 rings (SSSR count). The fourth-order valence-corrected chi connectivity index (χ4v) is 4.04. The first-order chi connectivity index (χ1) is 9.76. The maximum Gasteiger partial charge on any atom is 0.222 e. The first-order valence-corrected chi connectivity index (χ1v) is 9.75. The average molecular weight is 355 g/mol. The van der Waals surface area contributed by atoms with E-state index in [4.69, 9.17) is 0 Å². The highest BCUT2D eigenvalue weighted by molar-refractivity contribution is 7.91. The number of sulfone groups is 1. The highest BCUT2D eigenvalue weighted by atomic mass is 35.5. The smallest absolute Gasteiger partial charge is 0.222 e. The van der Waals surface area contributed by atoms with Crippen molar-refractivity contribution >= 4 is 28.2 Å². The van der Waals surface area contributed by atoms with Gasteiger partial charge < -0.3 is 10.2 Å². The molecule has 1 saturated heterocycles. The summed E-state index contributed by atoms with van der Waals surface area (Å²) in [5.41, 5.74) is 0. The van der Waals surface area contributed by atoms with Gasteiger partial charge in [-0.25, -0.2) is 8.42 Å². The number of carbonyl (C=O) groups excluding carboxylic acids is 1. The summed E-state index contributed by atoms with van der Waals surface area (Å²) in [6, 6.07) is -0.261. The summed E-state index contributed by atoms with van der Waals surface area (Å²) in [6.07, 6.45) is 2.76.